The van der Waals surface area contributed by atoms with Gasteiger partial charge in [-0.1, -0.05) is 33.3 Å². The van der Waals surface area contributed by atoms with Crippen molar-refractivity contribution in [2.75, 3.05) is 27.2 Å². The summed E-state index contributed by atoms with van der Waals surface area (Å²) in [6.07, 6.45) is 4.70. The topological polar surface area (TPSA) is 66.5 Å². The van der Waals surface area contributed by atoms with Gasteiger partial charge in [0.25, 0.3) is 0 Å². The van der Waals surface area contributed by atoms with Crippen molar-refractivity contribution < 1.29 is 28.5 Å². The fourth-order valence-corrected chi connectivity index (χ4v) is 6.54. The predicted molar refractivity (Wildman–Crippen MR) is 138 cm³/mol. The molecule has 4 aliphatic rings. The molecule has 1 fully saturated rings. The van der Waals surface area contributed by atoms with Gasteiger partial charge < -0.3 is 23.7 Å². The number of benzene rings is 2. The summed E-state index contributed by atoms with van der Waals surface area (Å²) < 4.78 is 29.1. The molecule has 0 unspecified atom stereocenters. The molecule has 0 saturated heterocycles. The summed E-state index contributed by atoms with van der Waals surface area (Å²) in [5.41, 5.74) is 3.92. The van der Waals surface area contributed by atoms with Crippen molar-refractivity contribution in [1.29, 1.82) is 0 Å². The molecular weight excluding hydrogens is 470 g/mol. The van der Waals surface area contributed by atoms with Crippen molar-refractivity contribution in [2.45, 2.75) is 65.0 Å². The molecule has 2 aromatic carbocycles. The third kappa shape index (κ3) is 4.52. The number of fused-ring (bicyclic) bond motifs is 3. The maximum Gasteiger partial charge on any atom is 0.342 e. The molecular formula is C30H37NO6. The fourth-order valence-electron chi connectivity index (χ4n) is 6.54. The number of esters is 1. The Hall–Kier alpha value is -2.93. The highest BCUT2D eigenvalue weighted by Crippen LogP contribution is 2.44. The number of hydrogen-bond acceptors (Lipinski definition) is 7. The number of hydrogen-bond donors (Lipinski definition) is 0. The number of carbonyl (C=O) groups is 1. The van der Waals surface area contributed by atoms with Gasteiger partial charge in [-0.15, -0.1) is 0 Å². The average Bonchev–Trinajstić information content (AvgIpc) is 3.53. The van der Waals surface area contributed by atoms with Crippen LogP contribution in [0, 0.1) is 17.8 Å². The summed E-state index contributed by atoms with van der Waals surface area (Å²) in [5, 5.41) is 0. The fraction of sp³-hybridized carbons (Fsp3) is 0.567. The molecule has 7 nitrogen and oxygen atoms in total. The minimum absolute atomic E-state index is 0.0832. The molecule has 3 aliphatic heterocycles. The highest BCUT2D eigenvalue weighted by atomic mass is 16.7. The van der Waals surface area contributed by atoms with Gasteiger partial charge in [0.05, 0.1) is 0 Å². The maximum absolute atomic E-state index is 13.9. The van der Waals surface area contributed by atoms with E-state index in [1.165, 1.54) is 17.5 Å². The molecule has 4 atom stereocenters. The molecule has 6 rings (SSSR count). The first-order chi connectivity index (χ1) is 17.9. The molecule has 0 spiro atoms. The van der Waals surface area contributed by atoms with E-state index in [4.69, 9.17) is 23.7 Å². The normalized spacial score (nSPS) is 26.3. The van der Waals surface area contributed by atoms with E-state index in [0.717, 1.165) is 42.9 Å². The Morgan fingerprint density at radius 3 is 2.62 bits per heavy atom. The van der Waals surface area contributed by atoms with Gasteiger partial charge in [0.15, 0.2) is 23.0 Å². The molecule has 2 aromatic rings. The molecule has 0 N–H and O–H groups in total. The van der Waals surface area contributed by atoms with Crippen LogP contribution in [0.2, 0.25) is 0 Å². The smallest absolute Gasteiger partial charge is 0.342 e. The SMILES string of the molecule is CC(C)[C@@H]1CC[C@@H](C)C[C@H]1OC(=O)c1c(C[C@@H]2c3cc4c(cc3CCN2C)OCO4)ccc2c1OCO2. The zero-order chi connectivity index (χ0) is 25.7. The van der Waals surface area contributed by atoms with E-state index in [9.17, 15) is 4.79 Å². The van der Waals surface area contributed by atoms with Crippen molar-refractivity contribution in [3.05, 3.63) is 46.5 Å². The van der Waals surface area contributed by atoms with Crippen LogP contribution in [0.25, 0.3) is 0 Å². The van der Waals surface area contributed by atoms with Crippen molar-refractivity contribution >= 4 is 5.97 Å². The second-order valence-corrected chi connectivity index (χ2v) is 11.5. The second-order valence-electron chi connectivity index (χ2n) is 11.5. The quantitative estimate of drug-likeness (QED) is 0.493. The third-order valence-electron chi connectivity index (χ3n) is 8.72. The maximum atomic E-state index is 13.9. The highest BCUT2D eigenvalue weighted by molar-refractivity contribution is 5.95. The van der Waals surface area contributed by atoms with Crippen molar-refractivity contribution in [2.24, 2.45) is 17.8 Å². The van der Waals surface area contributed by atoms with Gasteiger partial charge in [0.1, 0.15) is 11.7 Å². The molecule has 0 radical (unpaired) electrons. The lowest BCUT2D eigenvalue weighted by atomic mass is 9.75. The number of likely N-dealkylation sites (N-methyl/N-ethyl adjacent to an activating group) is 1. The first kappa shape index (κ1) is 24.4. The zero-order valence-electron chi connectivity index (χ0n) is 22.2. The van der Waals surface area contributed by atoms with E-state index in [2.05, 4.69) is 44.9 Å². The lowest BCUT2D eigenvalue weighted by molar-refractivity contribution is -0.0177. The van der Waals surface area contributed by atoms with Gasteiger partial charge in [-0.25, -0.2) is 4.79 Å². The van der Waals surface area contributed by atoms with Gasteiger partial charge in [-0.2, -0.15) is 0 Å². The van der Waals surface area contributed by atoms with E-state index in [0.29, 0.717) is 41.2 Å². The van der Waals surface area contributed by atoms with E-state index in [1.54, 1.807) is 0 Å². The van der Waals surface area contributed by atoms with Crippen LogP contribution in [0.15, 0.2) is 24.3 Å². The van der Waals surface area contributed by atoms with Gasteiger partial charge in [0, 0.05) is 12.6 Å². The Bertz CT molecular complexity index is 1190. The Balaban J connectivity index is 1.33. The summed E-state index contributed by atoms with van der Waals surface area (Å²) in [7, 11) is 2.14. The number of ether oxygens (including phenoxy) is 5. The molecule has 3 heterocycles. The van der Waals surface area contributed by atoms with Crippen LogP contribution in [-0.2, 0) is 17.6 Å². The molecule has 198 valence electrons. The van der Waals surface area contributed by atoms with Gasteiger partial charge in [0.2, 0.25) is 13.6 Å². The molecule has 37 heavy (non-hydrogen) atoms. The Kier molecular flexibility index (Phi) is 6.43. The molecule has 1 saturated carbocycles. The molecule has 0 amide bonds. The van der Waals surface area contributed by atoms with Crippen LogP contribution >= 0.6 is 0 Å². The van der Waals surface area contributed by atoms with Gasteiger partial charge in [-0.3, -0.25) is 4.90 Å². The molecule has 0 aromatic heterocycles. The van der Waals surface area contributed by atoms with E-state index >= 15 is 0 Å². The van der Waals surface area contributed by atoms with Crippen molar-refractivity contribution in [3.63, 3.8) is 0 Å². The van der Waals surface area contributed by atoms with Gasteiger partial charge in [-0.05, 0) is 85.4 Å². The summed E-state index contributed by atoms with van der Waals surface area (Å²) in [6.45, 7) is 8.01. The Labute approximate surface area is 219 Å². The van der Waals surface area contributed by atoms with E-state index in [1.807, 2.05) is 12.1 Å². The van der Waals surface area contributed by atoms with Crippen LogP contribution in [0.4, 0.5) is 0 Å². The first-order valence-corrected chi connectivity index (χ1v) is 13.6. The number of carbonyl (C=O) groups excluding carboxylic acids is 1. The zero-order valence-corrected chi connectivity index (χ0v) is 22.2. The predicted octanol–water partition coefficient (Wildman–Crippen LogP) is 5.53. The van der Waals surface area contributed by atoms with E-state index in [-0.39, 0.29) is 31.7 Å². The van der Waals surface area contributed by atoms with Gasteiger partial charge >= 0.3 is 5.97 Å². The number of nitrogens with zero attached hydrogens (tertiary/aromatic N) is 1. The summed E-state index contributed by atoms with van der Waals surface area (Å²) in [4.78, 5) is 16.2. The Morgan fingerprint density at radius 2 is 1.81 bits per heavy atom. The van der Waals surface area contributed by atoms with Crippen molar-refractivity contribution in [1.82, 2.24) is 4.90 Å². The monoisotopic (exact) mass is 507 g/mol. The van der Waals surface area contributed by atoms with E-state index < -0.39 is 0 Å². The summed E-state index contributed by atoms with van der Waals surface area (Å²) in [5.74, 6) is 3.81. The molecule has 0 bridgehead atoms. The average molecular weight is 508 g/mol. The molecule has 7 heteroatoms. The third-order valence-corrected chi connectivity index (χ3v) is 8.72. The molecule has 1 aliphatic carbocycles. The van der Waals surface area contributed by atoms with Crippen LogP contribution in [0.3, 0.4) is 0 Å². The largest absolute Gasteiger partial charge is 0.458 e. The summed E-state index contributed by atoms with van der Waals surface area (Å²) >= 11 is 0. The lowest BCUT2D eigenvalue weighted by Crippen LogP contribution is -2.36. The lowest BCUT2D eigenvalue weighted by Gasteiger charge is -2.37. The highest BCUT2D eigenvalue weighted by Gasteiger charge is 2.37. The summed E-state index contributed by atoms with van der Waals surface area (Å²) in [6, 6.07) is 8.23. The van der Waals surface area contributed by atoms with Crippen LogP contribution in [0.1, 0.15) is 73.1 Å². The second kappa shape index (κ2) is 9.75. The van der Waals surface area contributed by atoms with Crippen LogP contribution in [-0.4, -0.2) is 44.2 Å². The minimum Gasteiger partial charge on any atom is -0.458 e. The Morgan fingerprint density at radius 1 is 1.05 bits per heavy atom. The van der Waals surface area contributed by atoms with Crippen LogP contribution in [0.5, 0.6) is 23.0 Å². The first-order valence-electron chi connectivity index (χ1n) is 13.6. The number of rotatable bonds is 5. The van der Waals surface area contributed by atoms with Crippen molar-refractivity contribution in [3.8, 4) is 23.0 Å². The van der Waals surface area contributed by atoms with Crippen LogP contribution < -0.4 is 18.9 Å². The standard InChI is InChI=1S/C30H37NO6/c1-17(2)21-7-5-18(3)11-25(21)37-30(32)28-20(6-8-24-29(28)36-16-33-24)12-23-22-14-27-26(34-15-35-27)13-19(22)9-10-31(23)4/h6,8,13-14,17-18,21,23,25H,5,7,9-12,15-16H2,1-4H3/t18-,21+,23-,25-/m1/s1. The minimum atomic E-state index is -0.300.